The molecule has 0 spiro atoms. The van der Waals surface area contributed by atoms with Gasteiger partial charge in [-0.15, -0.1) is 0 Å². The number of amides is 1. The molecule has 3 aromatic carbocycles. The number of carbonyl (C=O) groups is 2. The van der Waals surface area contributed by atoms with Gasteiger partial charge < -0.3 is 10.1 Å². The van der Waals surface area contributed by atoms with E-state index in [9.17, 15) is 9.59 Å². The first-order valence-electron chi connectivity index (χ1n) is 10.6. The summed E-state index contributed by atoms with van der Waals surface area (Å²) in [4.78, 5) is 30.1. The van der Waals surface area contributed by atoms with E-state index in [1.807, 2.05) is 32.0 Å². The van der Waals surface area contributed by atoms with E-state index in [0.717, 1.165) is 27.6 Å². The third kappa shape index (κ3) is 4.89. The van der Waals surface area contributed by atoms with Gasteiger partial charge in [-0.3, -0.25) is 4.79 Å². The number of anilines is 1. The Hall–Kier alpha value is -3.70. The Morgan fingerprint density at radius 1 is 0.970 bits per heavy atom. The molecule has 33 heavy (non-hydrogen) atoms. The SMILES string of the molecule is CCOC(=O)c1ccc(NC(=O)c2cc(-c3ccc(Cl)cc3)nc3c(C)cc(C)cc23)cc1. The van der Waals surface area contributed by atoms with Crippen LogP contribution in [0.5, 0.6) is 0 Å². The zero-order valence-electron chi connectivity index (χ0n) is 18.6. The number of hydrogen-bond acceptors (Lipinski definition) is 4. The first-order valence-corrected chi connectivity index (χ1v) is 11.0. The Kier molecular flexibility index (Phi) is 6.43. The minimum absolute atomic E-state index is 0.258. The maximum atomic E-state index is 13.4. The number of nitrogens with one attached hydrogen (secondary N) is 1. The summed E-state index contributed by atoms with van der Waals surface area (Å²) in [6, 6.07) is 19.8. The summed E-state index contributed by atoms with van der Waals surface area (Å²) in [6.07, 6.45) is 0. The van der Waals surface area contributed by atoms with Gasteiger partial charge in [0.25, 0.3) is 5.91 Å². The molecule has 1 aromatic heterocycles. The van der Waals surface area contributed by atoms with E-state index in [1.54, 1.807) is 49.4 Å². The summed E-state index contributed by atoms with van der Waals surface area (Å²) in [6.45, 7) is 6.05. The maximum Gasteiger partial charge on any atom is 0.338 e. The first-order chi connectivity index (χ1) is 15.9. The number of aromatic nitrogens is 1. The van der Waals surface area contributed by atoms with E-state index in [1.165, 1.54) is 0 Å². The van der Waals surface area contributed by atoms with Crippen LogP contribution in [0.15, 0.2) is 66.7 Å². The fourth-order valence-electron chi connectivity index (χ4n) is 3.74. The van der Waals surface area contributed by atoms with Crippen LogP contribution < -0.4 is 5.32 Å². The minimum atomic E-state index is -0.394. The molecule has 166 valence electrons. The quantitative estimate of drug-likeness (QED) is 0.342. The molecule has 0 fully saturated rings. The van der Waals surface area contributed by atoms with Crippen molar-refractivity contribution in [2.75, 3.05) is 11.9 Å². The van der Waals surface area contributed by atoms with Gasteiger partial charge in [-0.1, -0.05) is 35.4 Å². The van der Waals surface area contributed by atoms with Crippen molar-refractivity contribution in [3.63, 3.8) is 0 Å². The van der Waals surface area contributed by atoms with Gasteiger partial charge in [0.1, 0.15) is 0 Å². The van der Waals surface area contributed by atoms with Gasteiger partial charge in [0.15, 0.2) is 0 Å². The first kappa shape index (κ1) is 22.5. The van der Waals surface area contributed by atoms with Crippen molar-refractivity contribution in [1.82, 2.24) is 4.98 Å². The molecule has 0 radical (unpaired) electrons. The topological polar surface area (TPSA) is 68.3 Å². The van der Waals surface area contributed by atoms with E-state index in [4.69, 9.17) is 21.3 Å². The number of aryl methyl sites for hydroxylation is 2. The number of ether oxygens (including phenoxy) is 1. The van der Waals surface area contributed by atoms with E-state index in [2.05, 4.69) is 11.4 Å². The molecule has 5 nitrogen and oxygen atoms in total. The van der Waals surface area contributed by atoms with Crippen LogP contribution in [-0.2, 0) is 4.74 Å². The number of hydrogen-bond donors (Lipinski definition) is 1. The monoisotopic (exact) mass is 458 g/mol. The van der Waals surface area contributed by atoms with Crippen LogP contribution in [0.3, 0.4) is 0 Å². The fourth-order valence-corrected chi connectivity index (χ4v) is 3.87. The van der Waals surface area contributed by atoms with Crippen LogP contribution in [0, 0.1) is 13.8 Å². The Labute approximate surface area is 197 Å². The molecule has 0 atom stereocenters. The number of esters is 1. The molecule has 0 bridgehead atoms. The number of pyridine rings is 1. The summed E-state index contributed by atoms with van der Waals surface area (Å²) in [7, 11) is 0. The van der Waals surface area contributed by atoms with Gasteiger partial charge in [-0.25, -0.2) is 9.78 Å². The molecule has 0 saturated carbocycles. The number of nitrogens with zero attached hydrogens (tertiary/aromatic N) is 1. The third-order valence-electron chi connectivity index (χ3n) is 5.29. The van der Waals surface area contributed by atoms with Crippen molar-refractivity contribution >= 4 is 40.1 Å². The van der Waals surface area contributed by atoms with Crippen molar-refractivity contribution in [3.8, 4) is 11.3 Å². The Morgan fingerprint density at radius 3 is 2.33 bits per heavy atom. The van der Waals surface area contributed by atoms with Gasteiger partial charge in [0, 0.05) is 21.7 Å². The lowest BCUT2D eigenvalue weighted by Gasteiger charge is -2.13. The zero-order chi connectivity index (χ0) is 23.5. The standard InChI is InChI=1S/C27H23ClN2O3/c1-4-33-27(32)19-7-11-21(12-8-19)29-26(31)23-15-24(18-5-9-20(28)10-6-18)30-25-17(3)13-16(2)14-22(23)25/h5-15H,4H2,1-3H3,(H,29,31). The molecule has 0 saturated heterocycles. The number of carbonyl (C=O) groups excluding carboxylic acids is 2. The second-order valence-corrected chi connectivity index (χ2v) is 8.23. The molecular weight excluding hydrogens is 436 g/mol. The zero-order valence-corrected chi connectivity index (χ0v) is 19.4. The molecule has 1 N–H and O–H groups in total. The summed E-state index contributed by atoms with van der Waals surface area (Å²) in [5.41, 5.74) is 5.91. The Bertz CT molecular complexity index is 1350. The van der Waals surface area contributed by atoms with E-state index in [0.29, 0.717) is 34.1 Å². The third-order valence-corrected chi connectivity index (χ3v) is 5.54. The average molecular weight is 459 g/mol. The van der Waals surface area contributed by atoms with Crippen molar-refractivity contribution < 1.29 is 14.3 Å². The average Bonchev–Trinajstić information content (AvgIpc) is 2.79. The minimum Gasteiger partial charge on any atom is -0.462 e. The van der Waals surface area contributed by atoms with Gasteiger partial charge in [-0.05, 0) is 74.9 Å². The highest BCUT2D eigenvalue weighted by Crippen LogP contribution is 2.29. The van der Waals surface area contributed by atoms with Crippen molar-refractivity contribution in [1.29, 1.82) is 0 Å². The Balaban J connectivity index is 1.74. The molecule has 0 aliphatic heterocycles. The Morgan fingerprint density at radius 2 is 1.67 bits per heavy atom. The van der Waals surface area contributed by atoms with Crippen LogP contribution in [0.25, 0.3) is 22.2 Å². The van der Waals surface area contributed by atoms with Gasteiger partial charge in [0.05, 0.1) is 28.9 Å². The molecular formula is C27H23ClN2O3. The lowest BCUT2D eigenvalue weighted by atomic mass is 9.99. The molecule has 1 amide bonds. The molecule has 0 aliphatic carbocycles. The number of rotatable bonds is 5. The van der Waals surface area contributed by atoms with Gasteiger partial charge >= 0.3 is 5.97 Å². The normalized spacial score (nSPS) is 10.8. The van der Waals surface area contributed by atoms with Crippen LogP contribution in [0.2, 0.25) is 5.02 Å². The van der Waals surface area contributed by atoms with Crippen LogP contribution in [0.4, 0.5) is 5.69 Å². The highest BCUT2D eigenvalue weighted by Gasteiger charge is 2.16. The number of fused-ring (bicyclic) bond motifs is 1. The molecule has 0 unspecified atom stereocenters. The second kappa shape index (κ2) is 9.43. The number of halogens is 1. The van der Waals surface area contributed by atoms with Crippen LogP contribution in [-0.4, -0.2) is 23.5 Å². The van der Waals surface area contributed by atoms with Crippen molar-refractivity contribution in [3.05, 3.63) is 94.0 Å². The van der Waals surface area contributed by atoms with E-state index >= 15 is 0 Å². The lowest BCUT2D eigenvalue weighted by Crippen LogP contribution is -2.14. The van der Waals surface area contributed by atoms with E-state index in [-0.39, 0.29) is 5.91 Å². The highest BCUT2D eigenvalue weighted by molar-refractivity contribution is 6.30. The lowest BCUT2D eigenvalue weighted by molar-refractivity contribution is 0.0526. The summed E-state index contributed by atoms with van der Waals surface area (Å²) >= 11 is 6.04. The van der Waals surface area contributed by atoms with Crippen LogP contribution >= 0.6 is 11.6 Å². The summed E-state index contributed by atoms with van der Waals surface area (Å²) in [5, 5.41) is 4.35. The largest absolute Gasteiger partial charge is 0.462 e. The highest BCUT2D eigenvalue weighted by atomic mass is 35.5. The second-order valence-electron chi connectivity index (χ2n) is 7.79. The predicted octanol–water partition coefficient (Wildman–Crippen LogP) is 6.60. The number of benzene rings is 3. The van der Waals surface area contributed by atoms with Crippen molar-refractivity contribution in [2.24, 2.45) is 0 Å². The predicted molar refractivity (Wildman–Crippen MR) is 132 cm³/mol. The maximum absolute atomic E-state index is 13.4. The van der Waals surface area contributed by atoms with Crippen molar-refractivity contribution in [2.45, 2.75) is 20.8 Å². The fraction of sp³-hybridized carbons (Fsp3) is 0.148. The van der Waals surface area contributed by atoms with E-state index < -0.39 is 5.97 Å². The molecule has 4 rings (SSSR count). The smallest absolute Gasteiger partial charge is 0.338 e. The van der Waals surface area contributed by atoms with Gasteiger partial charge in [0.2, 0.25) is 0 Å². The molecule has 6 heteroatoms. The molecule has 4 aromatic rings. The summed E-state index contributed by atoms with van der Waals surface area (Å²) < 4.78 is 5.01. The van der Waals surface area contributed by atoms with Crippen LogP contribution in [0.1, 0.15) is 38.8 Å². The summed E-state index contributed by atoms with van der Waals surface area (Å²) in [5.74, 6) is -0.652. The molecule has 0 aliphatic rings. The molecule has 1 heterocycles. The van der Waals surface area contributed by atoms with Gasteiger partial charge in [-0.2, -0.15) is 0 Å².